The molecule has 3 heteroatoms. The van der Waals surface area contributed by atoms with Crippen LogP contribution in [0.15, 0.2) is 200 Å². The topological polar surface area (TPSA) is 38.7 Å². The Bertz CT molecular complexity index is 3170. The first-order chi connectivity index (χ1) is 29.0. The predicted molar refractivity (Wildman–Crippen MR) is 245 cm³/mol. The summed E-state index contributed by atoms with van der Waals surface area (Å²) in [6.45, 7) is 4.67. The van der Waals surface area contributed by atoms with Gasteiger partial charge in [-0.2, -0.15) is 0 Å². The zero-order valence-corrected chi connectivity index (χ0v) is 32.9. The summed E-state index contributed by atoms with van der Waals surface area (Å²) in [7, 11) is 0. The minimum atomic E-state index is -0.157. The van der Waals surface area contributed by atoms with Crippen molar-refractivity contribution < 1.29 is 0 Å². The Labute approximate surface area is 344 Å². The SMILES string of the molecule is CC1(C)c2ccccc2-c2cc3c(-c4cc(-c5nc(-c6ccccc6)cc(-c6ccccc6)n5)cc5ccccc45)cc(-c4cccc(-c5ccccc5)c4)nc3cc21. The van der Waals surface area contributed by atoms with Crippen molar-refractivity contribution in [1.82, 2.24) is 15.0 Å². The second kappa shape index (κ2) is 13.9. The summed E-state index contributed by atoms with van der Waals surface area (Å²) in [4.78, 5) is 16.0. The second-order valence-corrected chi connectivity index (χ2v) is 16.0. The van der Waals surface area contributed by atoms with Crippen molar-refractivity contribution in [2.75, 3.05) is 0 Å². The molecule has 8 aromatic carbocycles. The molecule has 0 saturated carbocycles. The summed E-state index contributed by atoms with van der Waals surface area (Å²) in [5.74, 6) is 0.683. The molecule has 0 amide bonds. The average molecular weight is 754 g/mol. The number of fused-ring (bicyclic) bond motifs is 5. The number of hydrogen-bond acceptors (Lipinski definition) is 3. The van der Waals surface area contributed by atoms with E-state index in [1.54, 1.807) is 0 Å². The van der Waals surface area contributed by atoms with Gasteiger partial charge in [-0.15, -0.1) is 0 Å². The van der Waals surface area contributed by atoms with Gasteiger partial charge in [0.2, 0.25) is 0 Å². The fourth-order valence-electron chi connectivity index (χ4n) is 9.03. The number of pyridine rings is 1. The summed E-state index contributed by atoms with van der Waals surface area (Å²) in [6.07, 6.45) is 0. The average Bonchev–Trinajstić information content (AvgIpc) is 3.53. The molecule has 0 radical (unpaired) electrons. The molecule has 11 rings (SSSR count). The quantitative estimate of drug-likeness (QED) is 0.170. The van der Waals surface area contributed by atoms with Crippen LogP contribution in [0.5, 0.6) is 0 Å². The Morgan fingerprint density at radius 3 is 1.63 bits per heavy atom. The molecule has 0 unspecified atom stereocenters. The van der Waals surface area contributed by atoms with E-state index in [9.17, 15) is 0 Å². The van der Waals surface area contributed by atoms with Crippen LogP contribution in [-0.4, -0.2) is 15.0 Å². The van der Waals surface area contributed by atoms with Gasteiger partial charge < -0.3 is 0 Å². The summed E-state index contributed by atoms with van der Waals surface area (Å²) in [5.41, 5.74) is 17.4. The van der Waals surface area contributed by atoms with Crippen molar-refractivity contribution in [2.24, 2.45) is 0 Å². The summed E-state index contributed by atoms with van der Waals surface area (Å²) in [6, 6.07) is 71.3. The highest BCUT2D eigenvalue weighted by Gasteiger charge is 2.36. The molecule has 0 N–H and O–H groups in total. The van der Waals surface area contributed by atoms with E-state index in [1.165, 1.54) is 27.8 Å². The molecule has 0 spiro atoms. The van der Waals surface area contributed by atoms with Gasteiger partial charge in [-0.3, -0.25) is 0 Å². The van der Waals surface area contributed by atoms with E-state index in [1.807, 2.05) is 12.1 Å². The molecular formula is C56H39N3. The Balaban J connectivity index is 1.19. The van der Waals surface area contributed by atoms with Crippen molar-refractivity contribution in [3.63, 3.8) is 0 Å². The first-order valence-corrected chi connectivity index (χ1v) is 20.3. The van der Waals surface area contributed by atoms with Gasteiger partial charge in [-0.05, 0) is 97.7 Å². The molecule has 0 fully saturated rings. The monoisotopic (exact) mass is 753 g/mol. The van der Waals surface area contributed by atoms with Crippen LogP contribution < -0.4 is 0 Å². The van der Waals surface area contributed by atoms with Crippen molar-refractivity contribution in [2.45, 2.75) is 19.3 Å². The van der Waals surface area contributed by atoms with E-state index in [0.29, 0.717) is 5.82 Å². The standard InChI is InChI=1S/C56H39N3/c1-56(2)49-28-15-14-27-44(49)47-32-48-46(33-51(57-54(48)34-50(47)56)41-25-16-24-39(29-41)36-17-6-3-7-18-36)45-31-42(30-40-23-12-13-26-43(40)45)55-58-52(37-19-8-4-9-20-37)35-53(59-55)38-21-10-5-11-22-38/h3-35H,1-2H3. The van der Waals surface area contributed by atoms with E-state index in [-0.39, 0.29) is 5.41 Å². The number of benzene rings is 8. The van der Waals surface area contributed by atoms with Crippen molar-refractivity contribution in [3.05, 3.63) is 211 Å². The molecule has 2 heterocycles. The molecule has 0 aliphatic heterocycles. The van der Waals surface area contributed by atoms with Crippen molar-refractivity contribution in [1.29, 1.82) is 0 Å². The van der Waals surface area contributed by atoms with E-state index in [2.05, 4.69) is 202 Å². The summed E-state index contributed by atoms with van der Waals surface area (Å²) < 4.78 is 0. The second-order valence-electron chi connectivity index (χ2n) is 16.0. The molecule has 1 aliphatic rings. The molecule has 0 saturated heterocycles. The maximum Gasteiger partial charge on any atom is 0.160 e. The number of aromatic nitrogens is 3. The van der Waals surface area contributed by atoms with Gasteiger partial charge in [0.15, 0.2) is 5.82 Å². The molecule has 0 bridgehead atoms. The van der Waals surface area contributed by atoms with Crippen LogP contribution in [-0.2, 0) is 5.41 Å². The van der Waals surface area contributed by atoms with E-state index < -0.39 is 0 Å². The Kier molecular flexibility index (Phi) is 8.16. The van der Waals surface area contributed by atoms with Crippen LogP contribution >= 0.6 is 0 Å². The molecule has 10 aromatic rings. The fourth-order valence-corrected chi connectivity index (χ4v) is 9.03. The van der Waals surface area contributed by atoms with Crippen molar-refractivity contribution >= 4 is 21.7 Å². The highest BCUT2D eigenvalue weighted by molar-refractivity contribution is 6.09. The maximum absolute atomic E-state index is 5.50. The highest BCUT2D eigenvalue weighted by atomic mass is 14.9. The normalized spacial score (nSPS) is 12.7. The van der Waals surface area contributed by atoms with E-state index >= 15 is 0 Å². The van der Waals surface area contributed by atoms with Gasteiger partial charge in [-0.1, -0.05) is 172 Å². The minimum Gasteiger partial charge on any atom is -0.248 e. The zero-order chi connectivity index (χ0) is 39.5. The number of hydrogen-bond donors (Lipinski definition) is 0. The smallest absolute Gasteiger partial charge is 0.160 e. The lowest BCUT2D eigenvalue weighted by Gasteiger charge is -2.22. The molecule has 59 heavy (non-hydrogen) atoms. The highest BCUT2D eigenvalue weighted by Crippen LogP contribution is 2.51. The largest absolute Gasteiger partial charge is 0.248 e. The lowest BCUT2D eigenvalue weighted by molar-refractivity contribution is 0.661. The van der Waals surface area contributed by atoms with Gasteiger partial charge in [-0.25, -0.2) is 15.0 Å². The third-order valence-corrected chi connectivity index (χ3v) is 12.1. The minimum absolute atomic E-state index is 0.157. The van der Waals surface area contributed by atoms with Crippen LogP contribution in [0.2, 0.25) is 0 Å². The molecule has 2 aromatic heterocycles. The summed E-state index contributed by atoms with van der Waals surface area (Å²) in [5, 5.41) is 3.40. The van der Waals surface area contributed by atoms with Crippen LogP contribution in [0.4, 0.5) is 0 Å². The van der Waals surface area contributed by atoms with Gasteiger partial charge in [0.05, 0.1) is 22.6 Å². The fraction of sp³-hybridized carbons (Fsp3) is 0.0536. The van der Waals surface area contributed by atoms with Crippen LogP contribution in [0.3, 0.4) is 0 Å². The van der Waals surface area contributed by atoms with E-state index in [4.69, 9.17) is 15.0 Å². The van der Waals surface area contributed by atoms with Crippen LogP contribution in [0.25, 0.3) is 100 Å². The number of nitrogens with zero attached hydrogens (tertiary/aromatic N) is 3. The number of rotatable bonds is 6. The van der Waals surface area contributed by atoms with E-state index in [0.717, 1.165) is 77.7 Å². The summed E-state index contributed by atoms with van der Waals surface area (Å²) >= 11 is 0. The molecule has 1 aliphatic carbocycles. The molecule has 0 atom stereocenters. The molecule has 3 nitrogen and oxygen atoms in total. The van der Waals surface area contributed by atoms with Gasteiger partial charge >= 0.3 is 0 Å². The lowest BCUT2D eigenvalue weighted by Crippen LogP contribution is -2.14. The molecular weight excluding hydrogens is 715 g/mol. The zero-order valence-electron chi connectivity index (χ0n) is 32.9. The molecule has 278 valence electrons. The van der Waals surface area contributed by atoms with Gasteiger partial charge in [0.25, 0.3) is 0 Å². The first kappa shape index (κ1) is 34.7. The van der Waals surface area contributed by atoms with Crippen molar-refractivity contribution in [3.8, 4) is 78.5 Å². The predicted octanol–water partition coefficient (Wildman–Crippen LogP) is 14.5. The van der Waals surface area contributed by atoms with Crippen LogP contribution in [0, 0.1) is 0 Å². The lowest BCUT2D eigenvalue weighted by atomic mass is 9.82. The van der Waals surface area contributed by atoms with Gasteiger partial charge in [0.1, 0.15) is 0 Å². The van der Waals surface area contributed by atoms with Gasteiger partial charge in [0, 0.05) is 33.1 Å². The third kappa shape index (κ3) is 6.02. The Morgan fingerprint density at radius 2 is 0.898 bits per heavy atom. The first-order valence-electron chi connectivity index (χ1n) is 20.3. The third-order valence-electron chi connectivity index (χ3n) is 12.1. The Morgan fingerprint density at radius 1 is 0.322 bits per heavy atom. The van der Waals surface area contributed by atoms with Crippen LogP contribution in [0.1, 0.15) is 25.0 Å². The maximum atomic E-state index is 5.50. The Hall–Kier alpha value is -7.49.